The number of ether oxygens (including phenoxy) is 2. The Bertz CT molecular complexity index is 1390. The Hall–Kier alpha value is -4.05. The lowest BCUT2D eigenvalue weighted by Crippen LogP contribution is -2.60. The first kappa shape index (κ1) is 27.0. The van der Waals surface area contributed by atoms with Crippen molar-refractivity contribution in [2.75, 3.05) is 13.2 Å². The molecule has 0 spiro atoms. The number of carbonyl (C=O) groups excluding carboxylic acids is 2. The van der Waals surface area contributed by atoms with E-state index in [-0.39, 0.29) is 18.9 Å². The molecule has 1 aliphatic heterocycles. The number of para-hydroxylation sites is 1. The maximum atomic E-state index is 14.1. The van der Waals surface area contributed by atoms with Crippen molar-refractivity contribution in [2.24, 2.45) is 0 Å². The standard InChI is InChI=1S/C28H29N3O6S/c1-5-36-25(32)23-17(3)29-18(4)28(27(33)37-6-2,24(23)19-12-8-7-9-13-19)26-30-21(16-38-26)20-14-10-11-15-22(20)31(34)35/h7-16,18,24,29H,5-6H2,1-4H3. The van der Waals surface area contributed by atoms with Crippen LogP contribution in [-0.2, 0) is 24.5 Å². The number of hydrogen-bond acceptors (Lipinski definition) is 9. The van der Waals surface area contributed by atoms with Crippen LogP contribution >= 0.6 is 11.3 Å². The Morgan fingerprint density at radius 1 is 1.08 bits per heavy atom. The van der Waals surface area contributed by atoms with E-state index in [1.165, 1.54) is 17.4 Å². The molecular formula is C28H29N3O6S. The summed E-state index contributed by atoms with van der Waals surface area (Å²) < 4.78 is 11.1. The van der Waals surface area contributed by atoms with Gasteiger partial charge in [-0.3, -0.25) is 14.9 Å². The summed E-state index contributed by atoms with van der Waals surface area (Å²) in [6.07, 6.45) is 0. The normalized spacial score (nSPS) is 20.9. The number of nitrogens with one attached hydrogen (secondary N) is 1. The molecule has 3 unspecified atom stereocenters. The van der Waals surface area contributed by atoms with Gasteiger partial charge in [0.1, 0.15) is 5.01 Å². The van der Waals surface area contributed by atoms with E-state index >= 15 is 0 Å². The number of aromatic nitrogens is 1. The number of nitro groups is 1. The monoisotopic (exact) mass is 535 g/mol. The van der Waals surface area contributed by atoms with Gasteiger partial charge in [-0.1, -0.05) is 42.5 Å². The summed E-state index contributed by atoms with van der Waals surface area (Å²) in [4.78, 5) is 43.5. The van der Waals surface area contributed by atoms with Crippen LogP contribution in [0.3, 0.4) is 0 Å². The Balaban J connectivity index is 2.02. The second-order valence-electron chi connectivity index (χ2n) is 8.87. The largest absolute Gasteiger partial charge is 0.465 e. The highest BCUT2D eigenvalue weighted by Crippen LogP contribution is 2.52. The van der Waals surface area contributed by atoms with Gasteiger partial charge in [-0.05, 0) is 39.3 Å². The van der Waals surface area contributed by atoms with Crippen LogP contribution in [-0.4, -0.2) is 41.1 Å². The molecule has 2 aromatic carbocycles. The minimum Gasteiger partial charge on any atom is -0.465 e. The third kappa shape index (κ3) is 4.56. The lowest BCUT2D eigenvalue weighted by atomic mass is 9.62. The number of nitrogens with zero attached hydrogens (tertiary/aromatic N) is 2. The van der Waals surface area contributed by atoms with Gasteiger partial charge in [-0.2, -0.15) is 0 Å². The van der Waals surface area contributed by atoms with Crippen molar-refractivity contribution in [2.45, 2.75) is 45.1 Å². The molecule has 1 N–H and O–H groups in total. The summed E-state index contributed by atoms with van der Waals surface area (Å²) in [5.74, 6) is -1.88. The van der Waals surface area contributed by atoms with E-state index in [9.17, 15) is 19.7 Å². The van der Waals surface area contributed by atoms with Gasteiger partial charge in [0.25, 0.3) is 5.69 Å². The smallest absolute Gasteiger partial charge is 0.336 e. The highest BCUT2D eigenvalue weighted by atomic mass is 32.1. The second kappa shape index (κ2) is 11.1. The van der Waals surface area contributed by atoms with Crippen LogP contribution < -0.4 is 5.32 Å². The lowest BCUT2D eigenvalue weighted by molar-refractivity contribution is -0.384. The SMILES string of the molecule is CCOC(=O)C1=C(C)NC(C)C(C(=O)OCC)(c2nc(-c3ccccc3[N+](=O)[O-])cs2)C1c1ccccc1. The van der Waals surface area contributed by atoms with Gasteiger partial charge < -0.3 is 14.8 Å². The molecule has 0 fully saturated rings. The number of rotatable bonds is 8. The third-order valence-electron chi connectivity index (χ3n) is 6.74. The van der Waals surface area contributed by atoms with E-state index in [0.29, 0.717) is 27.5 Å². The maximum absolute atomic E-state index is 14.1. The number of benzene rings is 2. The Morgan fingerprint density at radius 3 is 2.39 bits per heavy atom. The molecule has 0 aliphatic carbocycles. The van der Waals surface area contributed by atoms with Gasteiger partial charge in [0.15, 0.2) is 5.41 Å². The maximum Gasteiger partial charge on any atom is 0.336 e. The van der Waals surface area contributed by atoms with Gasteiger partial charge >= 0.3 is 11.9 Å². The van der Waals surface area contributed by atoms with Crippen LogP contribution in [0.1, 0.15) is 44.2 Å². The molecule has 4 rings (SSSR count). The van der Waals surface area contributed by atoms with E-state index in [0.717, 1.165) is 5.56 Å². The predicted octanol–water partition coefficient (Wildman–Crippen LogP) is 5.13. The number of hydrogen-bond donors (Lipinski definition) is 1. The summed E-state index contributed by atoms with van der Waals surface area (Å²) in [6.45, 7) is 7.37. The van der Waals surface area contributed by atoms with Crippen molar-refractivity contribution in [3.05, 3.63) is 91.9 Å². The summed E-state index contributed by atoms with van der Waals surface area (Å²) in [5, 5.41) is 17.1. The van der Waals surface area contributed by atoms with Gasteiger partial charge in [-0.15, -0.1) is 11.3 Å². The molecule has 0 saturated heterocycles. The van der Waals surface area contributed by atoms with Crippen LogP contribution in [0.4, 0.5) is 5.69 Å². The molecule has 10 heteroatoms. The van der Waals surface area contributed by atoms with Crippen LogP contribution in [0.25, 0.3) is 11.3 Å². The Morgan fingerprint density at radius 2 is 1.74 bits per heavy atom. The minimum absolute atomic E-state index is 0.0908. The third-order valence-corrected chi connectivity index (χ3v) is 7.73. The Labute approximate surface area is 224 Å². The number of carbonyl (C=O) groups is 2. The molecule has 0 radical (unpaired) electrons. The van der Waals surface area contributed by atoms with Crippen LogP contribution in [0.5, 0.6) is 0 Å². The molecular weight excluding hydrogens is 506 g/mol. The van der Waals surface area contributed by atoms with Crippen molar-refractivity contribution >= 4 is 29.0 Å². The van der Waals surface area contributed by atoms with Crippen molar-refractivity contribution in [3.63, 3.8) is 0 Å². The Kier molecular flexibility index (Phi) is 7.91. The van der Waals surface area contributed by atoms with Crippen LogP contribution in [0.2, 0.25) is 0 Å². The molecule has 3 atom stereocenters. The fourth-order valence-corrected chi connectivity index (χ4v) is 6.27. The van der Waals surface area contributed by atoms with Crippen molar-refractivity contribution in [3.8, 4) is 11.3 Å². The molecule has 1 aliphatic rings. The fraction of sp³-hybridized carbons (Fsp3) is 0.321. The minimum atomic E-state index is -1.47. The van der Waals surface area contributed by atoms with Crippen molar-refractivity contribution < 1.29 is 24.0 Å². The molecule has 198 valence electrons. The predicted molar refractivity (Wildman–Crippen MR) is 144 cm³/mol. The van der Waals surface area contributed by atoms with Crippen LogP contribution in [0, 0.1) is 10.1 Å². The number of esters is 2. The van der Waals surface area contributed by atoms with E-state index in [1.807, 2.05) is 37.3 Å². The average molecular weight is 536 g/mol. The first-order valence-electron chi connectivity index (χ1n) is 12.3. The number of thiazole rings is 1. The topological polar surface area (TPSA) is 121 Å². The van der Waals surface area contributed by atoms with Crippen LogP contribution in [0.15, 0.2) is 71.2 Å². The first-order valence-corrected chi connectivity index (χ1v) is 13.2. The molecule has 9 nitrogen and oxygen atoms in total. The molecule has 0 amide bonds. The fourth-order valence-electron chi connectivity index (χ4n) is 5.14. The highest BCUT2D eigenvalue weighted by molar-refractivity contribution is 7.10. The van der Waals surface area contributed by atoms with Gasteiger partial charge in [0.2, 0.25) is 0 Å². The zero-order valence-electron chi connectivity index (χ0n) is 21.6. The first-order chi connectivity index (χ1) is 18.3. The molecule has 0 saturated carbocycles. The molecule has 0 bridgehead atoms. The lowest BCUT2D eigenvalue weighted by Gasteiger charge is -2.46. The quantitative estimate of drug-likeness (QED) is 0.239. The van der Waals surface area contributed by atoms with Crippen molar-refractivity contribution in [1.29, 1.82) is 0 Å². The van der Waals surface area contributed by atoms with E-state index in [4.69, 9.17) is 14.5 Å². The van der Waals surface area contributed by atoms with E-state index in [1.54, 1.807) is 44.4 Å². The summed E-state index contributed by atoms with van der Waals surface area (Å²) in [5.41, 5.74) is 0.774. The summed E-state index contributed by atoms with van der Waals surface area (Å²) in [7, 11) is 0. The molecule has 3 aromatic rings. The molecule has 1 aromatic heterocycles. The highest BCUT2D eigenvalue weighted by Gasteiger charge is 2.60. The zero-order valence-corrected chi connectivity index (χ0v) is 22.4. The number of allylic oxidation sites excluding steroid dienone is 1. The van der Waals surface area contributed by atoms with E-state index in [2.05, 4.69) is 5.32 Å². The number of nitro benzene ring substituents is 1. The zero-order chi connectivity index (χ0) is 27.4. The average Bonchev–Trinajstić information content (AvgIpc) is 3.39. The van der Waals surface area contributed by atoms with Gasteiger partial charge in [0, 0.05) is 29.1 Å². The van der Waals surface area contributed by atoms with Gasteiger partial charge in [0.05, 0.1) is 35.0 Å². The second-order valence-corrected chi connectivity index (χ2v) is 9.73. The molecule has 2 heterocycles. The summed E-state index contributed by atoms with van der Waals surface area (Å²) >= 11 is 1.21. The van der Waals surface area contributed by atoms with E-state index < -0.39 is 34.2 Å². The molecule has 38 heavy (non-hydrogen) atoms. The summed E-state index contributed by atoms with van der Waals surface area (Å²) in [6, 6.07) is 15.0. The van der Waals surface area contributed by atoms with Crippen molar-refractivity contribution in [1.82, 2.24) is 10.3 Å². The van der Waals surface area contributed by atoms with Gasteiger partial charge in [-0.25, -0.2) is 9.78 Å².